The Morgan fingerprint density at radius 1 is 1.08 bits per heavy atom. The van der Waals surface area contributed by atoms with Gasteiger partial charge in [0.1, 0.15) is 12.7 Å². The Morgan fingerprint density at radius 2 is 1.89 bits per heavy atom. The number of nitrogens with zero attached hydrogens (tertiary/aromatic N) is 1. The number of cyclic esters (lactones) is 1. The van der Waals surface area contributed by atoms with Crippen LogP contribution in [0, 0.1) is 34.5 Å². The van der Waals surface area contributed by atoms with Crippen LogP contribution in [0.5, 0.6) is 0 Å². The number of fused-ring (bicyclic) bond motifs is 5. The van der Waals surface area contributed by atoms with Gasteiger partial charge in [-0.3, -0.25) is 9.69 Å². The Labute approximate surface area is 214 Å². The summed E-state index contributed by atoms with van der Waals surface area (Å²) in [5.41, 5.74) is 0.416. The number of esters is 2. The van der Waals surface area contributed by atoms with Crippen molar-refractivity contribution in [3.05, 3.63) is 11.6 Å². The molecular weight excluding hydrogens is 458 g/mol. The fourth-order valence-electron chi connectivity index (χ4n) is 9.64. The summed E-state index contributed by atoms with van der Waals surface area (Å²) in [6, 6.07) is 0. The van der Waals surface area contributed by atoms with Crippen LogP contribution >= 0.6 is 0 Å². The quantitative estimate of drug-likeness (QED) is 0.590. The molecule has 1 saturated heterocycles. The Balaban J connectivity index is 1.13. The normalized spacial score (nSPS) is 46.8. The van der Waals surface area contributed by atoms with Crippen molar-refractivity contribution in [1.82, 2.24) is 4.90 Å². The third-order valence-corrected chi connectivity index (χ3v) is 11.7. The molecule has 0 radical (unpaired) electrons. The lowest BCUT2D eigenvalue weighted by atomic mass is 9.43. The molecule has 8 atom stereocenters. The first-order chi connectivity index (χ1) is 17.2. The number of hydrogen-bond acceptors (Lipinski definition) is 7. The molecule has 2 aliphatic heterocycles. The molecule has 200 valence electrons. The number of carbonyl (C=O) groups is 2. The van der Waals surface area contributed by atoms with E-state index in [-0.39, 0.29) is 34.8 Å². The van der Waals surface area contributed by atoms with E-state index in [1.54, 1.807) is 6.08 Å². The Morgan fingerprint density at radius 3 is 2.64 bits per heavy atom. The van der Waals surface area contributed by atoms with Crippen molar-refractivity contribution in [2.75, 3.05) is 39.5 Å². The van der Waals surface area contributed by atoms with E-state index in [1.165, 1.54) is 0 Å². The van der Waals surface area contributed by atoms with E-state index in [2.05, 4.69) is 18.7 Å². The van der Waals surface area contributed by atoms with Crippen molar-refractivity contribution in [3.8, 4) is 0 Å². The SMILES string of the molecule is C[C@]12CC[C@H](OC(=O)CN3CCOCC3)C[C@H]1CC[C@@H]1[C@@H]2CC[C@]2(C)[C@@H](C3=CC(=O)OC3)CC[C@]12O. The van der Waals surface area contributed by atoms with E-state index in [1.807, 2.05) is 0 Å². The zero-order valence-corrected chi connectivity index (χ0v) is 22.0. The number of hydrogen-bond donors (Lipinski definition) is 1. The molecule has 7 heteroatoms. The third kappa shape index (κ3) is 3.87. The van der Waals surface area contributed by atoms with E-state index in [9.17, 15) is 14.7 Å². The summed E-state index contributed by atoms with van der Waals surface area (Å²) in [6.07, 6.45) is 10.7. The Hall–Kier alpha value is -1.44. The molecule has 4 aliphatic carbocycles. The van der Waals surface area contributed by atoms with E-state index in [0.29, 0.717) is 44.1 Å². The van der Waals surface area contributed by atoms with Gasteiger partial charge in [-0.1, -0.05) is 13.8 Å². The smallest absolute Gasteiger partial charge is 0.331 e. The number of carbonyl (C=O) groups excluding carboxylic acids is 2. The molecule has 1 N–H and O–H groups in total. The lowest BCUT2D eigenvalue weighted by Crippen LogP contribution is -2.62. The highest BCUT2D eigenvalue weighted by atomic mass is 16.5. The van der Waals surface area contributed by atoms with Gasteiger partial charge in [-0.25, -0.2) is 4.79 Å². The molecule has 6 rings (SSSR count). The van der Waals surface area contributed by atoms with Gasteiger partial charge in [0.05, 0.1) is 25.4 Å². The molecule has 0 unspecified atom stereocenters. The van der Waals surface area contributed by atoms with Crippen molar-refractivity contribution in [2.45, 2.75) is 83.3 Å². The molecule has 0 spiro atoms. The number of aliphatic hydroxyl groups is 1. The van der Waals surface area contributed by atoms with Gasteiger partial charge in [0.2, 0.25) is 0 Å². The molecule has 0 aromatic carbocycles. The summed E-state index contributed by atoms with van der Waals surface area (Å²) < 4.78 is 16.6. The van der Waals surface area contributed by atoms with Crippen molar-refractivity contribution >= 4 is 11.9 Å². The summed E-state index contributed by atoms with van der Waals surface area (Å²) in [4.78, 5) is 26.5. The molecule has 0 bridgehead atoms. The van der Waals surface area contributed by atoms with Crippen LogP contribution in [0.25, 0.3) is 0 Å². The molecule has 6 aliphatic rings. The van der Waals surface area contributed by atoms with Gasteiger partial charge in [-0.2, -0.15) is 0 Å². The van der Waals surface area contributed by atoms with Crippen LogP contribution in [-0.2, 0) is 23.8 Å². The van der Waals surface area contributed by atoms with Gasteiger partial charge in [-0.05, 0) is 92.4 Å². The largest absolute Gasteiger partial charge is 0.461 e. The van der Waals surface area contributed by atoms with Crippen LogP contribution in [0.4, 0.5) is 0 Å². The minimum atomic E-state index is -0.678. The summed E-state index contributed by atoms with van der Waals surface area (Å²) in [5.74, 6) is 1.27. The van der Waals surface area contributed by atoms with Gasteiger partial charge in [0.25, 0.3) is 0 Å². The second-order valence-corrected chi connectivity index (χ2v) is 13.1. The van der Waals surface area contributed by atoms with E-state index in [0.717, 1.165) is 76.5 Å². The molecule has 0 aromatic rings. The molecular formula is C29H43NO6. The first-order valence-corrected chi connectivity index (χ1v) is 14.3. The molecule has 5 fully saturated rings. The zero-order chi connectivity index (χ0) is 25.1. The number of rotatable bonds is 4. The molecule has 36 heavy (non-hydrogen) atoms. The average molecular weight is 502 g/mol. The summed E-state index contributed by atoms with van der Waals surface area (Å²) in [5, 5.41) is 12.4. The first kappa shape index (κ1) is 24.9. The average Bonchev–Trinajstić information content (AvgIpc) is 3.40. The summed E-state index contributed by atoms with van der Waals surface area (Å²) in [7, 11) is 0. The maximum Gasteiger partial charge on any atom is 0.331 e. The van der Waals surface area contributed by atoms with Crippen molar-refractivity contribution < 1.29 is 28.9 Å². The molecule has 0 amide bonds. The highest BCUT2D eigenvalue weighted by Crippen LogP contribution is 2.70. The summed E-state index contributed by atoms with van der Waals surface area (Å²) in [6.45, 7) is 8.49. The Kier molecular flexibility index (Phi) is 6.28. The lowest BCUT2D eigenvalue weighted by molar-refractivity contribution is -0.210. The van der Waals surface area contributed by atoms with Crippen LogP contribution in [0.3, 0.4) is 0 Å². The van der Waals surface area contributed by atoms with Crippen LogP contribution in [0.2, 0.25) is 0 Å². The Bertz CT molecular complexity index is 929. The molecule has 7 nitrogen and oxygen atoms in total. The van der Waals surface area contributed by atoms with Crippen molar-refractivity contribution in [2.24, 2.45) is 34.5 Å². The predicted molar refractivity (Wildman–Crippen MR) is 133 cm³/mol. The topological polar surface area (TPSA) is 85.3 Å². The number of ether oxygens (including phenoxy) is 3. The molecule has 4 saturated carbocycles. The van der Waals surface area contributed by atoms with Crippen LogP contribution in [0.15, 0.2) is 11.6 Å². The zero-order valence-electron chi connectivity index (χ0n) is 22.0. The second kappa shape index (κ2) is 9.09. The summed E-state index contributed by atoms with van der Waals surface area (Å²) >= 11 is 0. The fraction of sp³-hybridized carbons (Fsp3) is 0.862. The maximum atomic E-state index is 12.6. The standard InChI is InChI=1S/C29H43NO6/c1-27-8-5-21(36-26(32)17-30-11-13-34-14-12-30)16-20(27)3-4-24-23(27)6-9-28(2)22(7-10-29(24,28)33)19-15-25(31)35-18-19/h15,20-24,33H,3-14,16-18H2,1-2H3/t20-,21+,22-,23+,24-,27+,28-,29+/m1/s1. The first-order valence-electron chi connectivity index (χ1n) is 14.3. The third-order valence-electron chi connectivity index (χ3n) is 11.7. The minimum absolute atomic E-state index is 0.0211. The highest BCUT2D eigenvalue weighted by Gasteiger charge is 2.67. The number of morpholine rings is 1. The van der Waals surface area contributed by atoms with Crippen LogP contribution in [0.1, 0.15) is 71.6 Å². The lowest BCUT2D eigenvalue weighted by Gasteiger charge is -2.63. The van der Waals surface area contributed by atoms with Gasteiger partial charge in [0, 0.05) is 24.6 Å². The van der Waals surface area contributed by atoms with Gasteiger partial charge in [0.15, 0.2) is 0 Å². The van der Waals surface area contributed by atoms with Crippen LogP contribution in [-0.4, -0.2) is 73.1 Å². The van der Waals surface area contributed by atoms with Crippen molar-refractivity contribution in [3.63, 3.8) is 0 Å². The van der Waals surface area contributed by atoms with E-state index < -0.39 is 5.60 Å². The predicted octanol–water partition coefficient (Wildman–Crippen LogP) is 3.49. The van der Waals surface area contributed by atoms with Gasteiger partial charge < -0.3 is 19.3 Å². The minimum Gasteiger partial charge on any atom is -0.461 e. The highest BCUT2D eigenvalue weighted by molar-refractivity contribution is 5.85. The molecule has 0 aromatic heterocycles. The van der Waals surface area contributed by atoms with E-state index in [4.69, 9.17) is 14.2 Å². The monoisotopic (exact) mass is 501 g/mol. The fourth-order valence-corrected chi connectivity index (χ4v) is 9.64. The van der Waals surface area contributed by atoms with Crippen LogP contribution < -0.4 is 0 Å². The molecule has 2 heterocycles. The van der Waals surface area contributed by atoms with Crippen molar-refractivity contribution in [1.29, 1.82) is 0 Å². The maximum absolute atomic E-state index is 12.6. The van der Waals surface area contributed by atoms with Gasteiger partial charge in [-0.15, -0.1) is 0 Å². The second-order valence-electron chi connectivity index (χ2n) is 13.1. The van der Waals surface area contributed by atoms with E-state index >= 15 is 0 Å². The van der Waals surface area contributed by atoms with Gasteiger partial charge >= 0.3 is 11.9 Å².